The predicted molar refractivity (Wildman–Crippen MR) is 119 cm³/mol. The van der Waals surface area contributed by atoms with E-state index in [1.54, 1.807) is 35.2 Å². The van der Waals surface area contributed by atoms with E-state index in [1.807, 2.05) is 13.0 Å². The van der Waals surface area contributed by atoms with Crippen LogP contribution in [0.15, 0.2) is 54.6 Å². The summed E-state index contributed by atoms with van der Waals surface area (Å²) in [5.74, 6) is -1.45. The Balaban J connectivity index is 1.50. The fraction of sp³-hybridized carbons (Fsp3) is 0.136. The lowest BCUT2D eigenvalue weighted by atomic mass is 10.1. The third-order valence-electron chi connectivity index (χ3n) is 4.67. The highest BCUT2D eigenvalue weighted by Crippen LogP contribution is 2.24. The molecule has 0 aliphatic carbocycles. The molecule has 0 spiro atoms. The standard InChI is InChI=1S/C22H19FN4O3S/c1-13-2-9-19(31-13)21(29)26-18-12-14(23)3-8-17(18)20(28)25-15-4-6-16(7-5-15)27-10-11-30-22(27)24/h2-9,12,24H,10-11H2,1H3,(H,25,28)(H,26,29). The average molecular weight is 438 g/mol. The van der Waals surface area contributed by atoms with E-state index in [4.69, 9.17) is 10.1 Å². The second-order valence-electron chi connectivity index (χ2n) is 6.86. The number of nitrogens with one attached hydrogen (secondary N) is 3. The molecule has 1 saturated heterocycles. The van der Waals surface area contributed by atoms with Crippen LogP contribution in [0.4, 0.5) is 21.5 Å². The predicted octanol–water partition coefficient (Wildman–Crippen LogP) is 4.47. The zero-order chi connectivity index (χ0) is 22.0. The lowest BCUT2D eigenvalue weighted by Gasteiger charge is -2.15. The number of rotatable bonds is 5. The van der Waals surface area contributed by atoms with E-state index in [2.05, 4.69) is 10.6 Å². The number of halogens is 1. The molecule has 1 fully saturated rings. The molecule has 158 valence electrons. The van der Waals surface area contributed by atoms with E-state index in [9.17, 15) is 14.0 Å². The molecule has 0 bridgehead atoms. The van der Waals surface area contributed by atoms with Gasteiger partial charge in [0.25, 0.3) is 17.8 Å². The maximum absolute atomic E-state index is 13.8. The first-order valence-corrected chi connectivity index (χ1v) is 10.3. The van der Waals surface area contributed by atoms with Crippen LogP contribution in [0.2, 0.25) is 0 Å². The number of amidine groups is 1. The molecule has 7 nitrogen and oxygen atoms in total. The molecule has 2 amide bonds. The number of ether oxygens (including phenoxy) is 1. The van der Waals surface area contributed by atoms with Crippen LogP contribution in [0.5, 0.6) is 0 Å². The number of hydrogen-bond acceptors (Lipinski definition) is 5. The van der Waals surface area contributed by atoms with Gasteiger partial charge in [-0.3, -0.25) is 19.9 Å². The summed E-state index contributed by atoms with van der Waals surface area (Å²) in [4.78, 5) is 28.4. The Labute approximate surface area is 182 Å². The second kappa shape index (κ2) is 8.57. The molecule has 3 N–H and O–H groups in total. The summed E-state index contributed by atoms with van der Waals surface area (Å²) >= 11 is 1.31. The number of carbonyl (C=O) groups is 2. The summed E-state index contributed by atoms with van der Waals surface area (Å²) < 4.78 is 18.9. The molecule has 2 heterocycles. The van der Waals surface area contributed by atoms with E-state index >= 15 is 0 Å². The van der Waals surface area contributed by atoms with Gasteiger partial charge in [0.05, 0.1) is 22.7 Å². The van der Waals surface area contributed by atoms with Gasteiger partial charge in [0.15, 0.2) is 0 Å². The van der Waals surface area contributed by atoms with Gasteiger partial charge in [-0.2, -0.15) is 0 Å². The summed E-state index contributed by atoms with van der Waals surface area (Å²) in [6.45, 7) is 2.93. The number of benzene rings is 2. The first-order valence-electron chi connectivity index (χ1n) is 9.48. The molecule has 31 heavy (non-hydrogen) atoms. The molecule has 1 aliphatic rings. The molecule has 0 atom stereocenters. The van der Waals surface area contributed by atoms with Gasteiger partial charge in [0, 0.05) is 16.3 Å². The monoisotopic (exact) mass is 438 g/mol. The van der Waals surface area contributed by atoms with Crippen LogP contribution in [-0.2, 0) is 4.74 Å². The van der Waals surface area contributed by atoms with Gasteiger partial charge in [-0.1, -0.05) is 0 Å². The molecule has 0 unspecified atom stereocenters. The van der Waals surface area contributed by atoms with E-state index in [0.29, 0.717) is 23.7 Å². The number of aryl methyl sites for hydroxylation is 1. The molecular formula is C22H19FN4O3S. The lowest BCUT2D eigenvalue weighted by Crippen LogP contribution is -2.23. The van der Waals surface area contributed by atoms with Gasteiger partial charge < -0.3 is 15.4 Å². The van der Waals surface area contributed by atoms with Crippen molar-refractivity contribution in [2.24, 2.45) is 0 Å². The first-order chi connectivity index (χ1) is 14.9. The van der Waals surface area contributed by atoms with E-state index in [1.165, 1.54) is 23.5 Å². The fourth-order valence-electron chi connectivity index (χ4n) is 3.14. The summed E-state index contributed by atoms with van der Waals surface area (Å²) in [7, 11) is 0. The van der Waals surface area contributed by atoms with Crippen molar-refractivity contribution >= 4 is 46.2 Å². The molecule has 4 rings (SSSR count). The number of hydrogen-bond donors (Lipinski definition) is 3. The van der Waals surface area contributed by atoms with Crippen molar-refractivity contribution in [1.82, 2.24) is 0 Å². The first kappa shape index (κ1) is 20.5. The Morgan fingerprint density at radius 3 is 2.48 bits per heavy atom. The van der Waals surface area contributed by atoms with Crippen LogP contribution in [-0.4, -0.2) is 31.0 Å². The van der Waals surface area contributed by atoms with Crippen molar-refractivity contribution in [2.45, 2.75) is 6.92 Å². The van der Waals surface area contributed by atoms with Gasteiger partial charge in [-0.15, -0.1) is 11.3 Å². The zero-order valence-electron chi connectivity index (χ0n) is 16.6. The Kier molecular flexibility index (Phi) is 5.68. The van der Waals surface area contributed by atoms with Crippen molar-refractivity contribution in [1.29, 1.82) is 5.41 Å². The van der Waals surface area contributed by atoms with Gasteiger partial charge in [0.1, 0.15) is 12.4 Å². The van der Waals surface area contributed by atoms with Crippen molar-refractivity contribution in [3.63, 3.8) is 0 Å². The Morgan fingerprint density at radius 1 is 1.06 bits per heavy atom. The summed E-state index contributed by atoms with van der Waals surface area (Å²) in [5, 5.41) is 13.1. The van der Waals surface area contributed by atoms with Crippen molar-refractivity contribution in [3.05, 3.63) is 75.7 Å². The maximum Gasteiger partial charge on any atom is 0.289 e. The van der Waals surface area contributed by atoms with Crippen LogP contribution >= 0.6 is 11.3 Å². The van der Waals surface area contributed by atoms with E-state index < -0.39 is 17.6 Å². The molecule has 0 radical (unpaired) electrons. The highest BCUT2D eigenvalue weighted by Gasteiger charge is 2.20. The number of thiophene rings is 1. The minimum atomic E-state index is -0.561. The molecule has 1 aliphatic heterocycles. The van der Waals surface area contributed by atoms with Crippen LogP contribution in [0, 0.1) is 18.2 Å². The van der Waals surface area contributed by atoms with Gasteiger partial charge in [0.2, 0.25) is 0 Å². The Hall–Kier alpha value is -3.72. The summed E-state index contributed by atoms with van der Waals surface area (Å²) in [6, 6.07) is 14.2. The molecule has 1 aromatic heterocycles. The highest BCUT2D eigenvalue weighted by atomic mass is 32.1. The maximum atomic E-state index is 13.8. The minimum absolute atomic E-state index is 0.0874. The van der Waals surface area contributed by atoms with Crippen LogP contribution in [0.25, 0.3) is 0 Å². The largest absolute Gasteiger partial charge is 0.463 e. The third-order valence-corrected chi connectivity index (χ3v) is 5.67. The van der Waals surface area contributed by atoms with Crippen molar-refractivity contribution in [2.75, 3.05) is 28.7 Å². The SMILES string of the molecule is Cc1ccc(C(=O)Nc2cc(F)ccc2C(=O)Nc2ccc(N3CCOC3=N)cc2)s1. The summed E-state index contributed by atoms with van der Waals surface area (Å²) in [5.41, 5.74) is 1.53. The average Bonchev–Trinajstić information content (AvgIpc) is 3.37. The smallest absolute Gasteiger partial charge is 0.289 e. The number of amides is 2. The van der Waals surface area contributed by atoms with Crippen LogP contribution < -0.4 is 15.5 Å². The quantitative estimate of drug-likeness (QED) is 0.548. The second-order valence-corrected chi connectivity index (χ2v) is 8.15. The topological polar surface area (TPSA) is 94.5 Å². The Bertz CT molecular complexity index is 1160. The number of anilines is 3. The van der Waals surface area contributed by atoms with Crippen molar-refractivity contribution in [3.8, 4) is 0 Å². The molecule has 3 aromatic rings. The Morgan fingerprint density at radius 2 is 1.84 bits per heavy atom. The number of nitrogens with zero attached hydrogens (tertiary/aromatic N) is 1. The van der Waals surface area contributed by atoms with Gasteiger partial charge >= 0.3 is 0 Å². The zero-order valence-corrected chi connectivity index (χ0v) is 17.4. The molecule has 0 saturated carbocycles. The molecule has 9 heteroatoms. The van der Waals surface area contributed by atoms with Crippen molar-refractivity contribution < 1.29 is 18.7 Å². The lowest BCUT2D eigenvalue weighted by molar-refractivity contribution is 0.102. The van der Waals surface area contributed by atoms with E-state index in [-0.39, 0.29) is 17.3 Å². The normalized spacial score (nSPS) is 13.1. The van der Waals surface area contributed by atoms with E-state index in [0.717, 1.165) is 16.6 Å². The van der Waals surface area contributed by atoms with Crippen LogP contribution in [0.1, 0.15) is 24.9 Å². The molecule has 2 aromatic carbocycles. The number of carbonyl (C=O) groups excluding carboxylic acids is 2. The van der Waals surface area contributed by atoms with Crippen LogP contribution in [0.3, 0.4) is 0 Å². The van der Waals surface area contributed by atoms with Gasteiger partial charge in [-0.05, 0) is 61.5 Å². The molecular weight excluding hydrogens is 419 g/mol. The highest BCUT2D eigenvalue weighted by molar-refractivity contribution is 7.14. The summed E-state index contributed by atoms with van der Waals surface area (Å²) in [6.07, 6.45) is 0. The third kappa shape index (κ3) is 4.56. The fourth-order valence-corrected chi connectivity index (χ4v) is 3.90. The van der Waals surface area contributed by atoms with Gasteiger partial charge in [-0.25, -0.2) is 4.39 Å². The minimum Gasteiger partial charge on any atom is -0.463 e.